The second-order valence-corrected chi connectivity index (χ2v) is 16.9. The molecule has 2 heteroatoms. The second-order valence-electron chi connectivity index (χ2n) is 16.9. The van der Waals surface area contributed by atoms with Gasteiger partial charge in [0.1, 0.15) is 0 Å². The number of aromatic nitrogens is 2. The fourth-order valence-corrected chi connectivity index (χ4v) is 10.6. The van der Waals surface area contributed by atoms with Crippen LogP contribution in [0, 0.1) is 0 Å². The molecule has 2 aliphatic carbocycles. The number of fused-ring (bicyclic) bond motifs is 13. The van der Waals surface area contributed by atoms with Gasteiger partial charge >= 0.3 is 0 Å². The molecule has 0 saturated heterocycles. The van der Waals surface area contributed by atoms with E-state index < -0.39 is 0 Å². The van der Waals surface area contributed by atoms with E-state index in [9.17, 15) is 0 Å². The molecule has 0 bridgehead atoms. The number of benzene rings is 8. The summed E-state index contributed by atoms with van der Waals surface area (Å²) in [6, 6.07) is 63.5. The first-order chi connectivity index (χ1) is 27.3. The minimum atomic E-state index is -0.150. The van der Waals surface area contributed by atoms with Gasteiger partial charge in [0.05, 0.1) is 22.1 Å². The summed E-state index contributed by atoms with van der Waals surface area (Å²) in [6.45, 7) is 9.60. The number of nitrogens with zero attached hydrogens (tertiary/aromatic N) is 2. The maximum Gasteiger partial charge on any atom is 0.0588 e. The normalized spacial score (nSPS) is 14.7. The van der Waals surface area contributed by atoms with E-state index in [1.807, 2.05) is 0 Å². The van der Waals surface area contributed by atoms with Crippen molar-refractivity contribution >= 4 is 43.6 Å². The van der Waals surface area contributed by atoms with Gasteiger partial charge in [-0.2, -0.15) is 0 Å². The molecule has 10 aromatic rings. The molecule has 266 valence electrons. The molecule has 0 N–H and O–H groups in total. The summed E-state index contributed by atoms with van der Waals surface area (Å²) in [5, 5.41) is 5.17. The summed E-state index contributed by atoms with van der Waals surface area (Å²) >= 11 is 0. The molecule has 2 nitrogen and oxygen atoms in total. The van der Waals surface area contributed by atoms with Gasteiger partial charge in [-0.1, -0.05) is 143 Å². The molecule has 0 aliphatic heterocycles. The average Bonchev–Trinajstić information content (AvgIpc) is 3.89. The van der Waals surface area contributed by atoms with Crippen molar-refractivity contribution in [3.8, 4) is 44.8 Å². The highest BCUT2D eigenvalue weighted by Crippen LogP contribution is 2.54. The summed E-state index contributed by atoms with van der Waals surface area (Å²) in [7, 11) is 0. The van der Waals surface area contributed by atoms with Crippen molar-refractivity contribution in [1.29, 1.82) is 0 Å². The minimum Gasteiger partial charge on any atom is -0.309 e. The van der Waals surface area contributed by atoms with E-state index in [2.05, 4.69) is 207 Å². The molecule has 0 amide bonds. The van der Waals surface area contributed by atoms with Crippen molar-refractivity contribution in [3.63, 3.8) is 0 Å². The van der Waals surface area contributed by atoms with Gasteiger partial charge in [-0.15, -0.1) is 0 Å². The first-order valence-electron chi connectivity index (χ1n) is 19.9. The van der Waals surface area contributed by atoms with Crippen molar-refractivity contribution in [2.24, 2.45) is 0 Å². The van der Waals surface area contributed by atoms with Crippen LogP contribution in [0.2, 0.25) is 0 Å². The number of hydrogen-bond donors (Lipinski definition) is 0. The van der Waals surface area contributed by atoms with Crippen LogP contribution < -0.4 is 0 Å². The predicted octanol–water partition coefficient (Wildman–Crippen LogP) is 14.2. The molecule has 0 saturated carbocycles. The van der Waals surface area contributed by atoms with E-state index in [1.165, 1.54) is 111 Å². The van der Waals surface area contributed by atoms with Crippen LogP contribution in [0.5, 0.6) is 0 Å². The molecule has 0 atom stereocenters. The standard InChI is InChI=1S/C54H40N2/c1-53(2)46-28-22-33(34-23-29-50-44(31-34)40-18-10-12-20-48(40)55(50)35-14-6-5-7-15-35)30-43(46)38-25-24-36(32-47(38)53)56-49-21-13-9-17-39(49)42-27-26-41-37-16-8-11-19-45(37)54(3,4)51(41)52(42)56/h5-32H,1-4H3. The summed E-state index contributed by atoms with van der Waals surface area (Å²) in [4.78, 5) is 0. The van der Waals surface area contributed by atoms with Crippen molar-refractivity contribution in [3.05, 3.63) is 192 Å². The van der Waals surface area contributed by atoms with Gasteiger partial charge in [0.25, 0.3) is 0 Å². The predicted molar refractivity (Wildman–Crippen MR) is 236 cm³/mol. The first-order valence-corrected chi connectivity index (χ1v) is 19.9. The van der Waals surface area contributed by atoms with Crippen LogP contribution in [-0.2, 0) is 10.8 Å². The quantitative estimate of drug-likeness (QED) is 0.172. The van der Waals surface area contributed by atoms with Crippen molar-refractivity contribution in [2.45, 2.75) is 38.5 Å². The van der Waals surface area contributed by atoms with Crippen molar-refractivity contribution in [2.75, 3.05) is 0 Å². The van der Waals surface area contributed by atoms with Crippen molar-refractivity contribution in [1.82, 2.24) is 9.13 Å². The highest BCUT2D eigenvalue weighted by Gasteiger charge is 2.39. The van der Waals surface area contributed by atoms with E-state index in [4.69, 9.17) is 0 Å². The van der Waals surface area contributed by atoms with Gasteiger partial charge in [0, 0.05) is 43.7 Å². The Morgan fingerprint density at radius 2 is 0.946 bits per heavy atom. The zero-order chi connectivity index (χ0) is 37.5. The fraction of sp³-hybridized carbons (Fsp3) is 0.111. The third-order valence-corrected chi connectivity index (χ3v) is 13.3. The van der Waals surface area contributed by atoms with Gasteiger partial charge in [0.15, 0.2) is 0 Å². The first kappa shape index (κ1) is 31.7. The molecular formula is C54H40N2. The van der Waals surface area contributed by atoms with Crippen LogP contribution in [0.4, 0.5) is 0 Å². The highest BCUT2D eigenvalue weighted by molar-refractivity contribution is 6.13. The van der Waals surface area contributed by atoms with Crippen LogP contribution in [0.3, 0.4) is 0 Å². The van der Waals surface area contributed by atoms with E-state index >= 15 is 0 Å². The lowest BCUT2D eigenvalue weighted by Crippen LogP contribution is -2.17. The highest BCUT2D eigenvalue weighted by atomic mass is 15.0. The molecule has 0 spiro atoms. The topological polar surface area (TPSA) is 9.86 Å². The largest absolute Gasteiger partial charge is 0.309 e. The van der Waals surface area contributed by atoms with Crippen LogP contribution in [0.25, 0.3) is 88.4 Å². The van der Waals surface area contributed by atoms with Crippen LogP contribution in [0.15, 0.2) is 170 Å². The maximum absolute atomic E-state index is 2.56. The maximum atomic E-state index is 2.56. The SMILES string of the molecule is CC1(C)c2ccc(-c3ccc4c(c3)c3ccccc3n4-c3ccccc3)cc2-c2ccc(-n3c4ccccc4c4ccc5c(c43)C(C)(C)c3ccccc3-5)cc21. The van der Waals surface area contributed by atoms with Crippen LogP contribution >= 0.6 is 0 Å². The van der Waals surface area contributed by atoms with Gasteiger partial charge in [-0.3, -0.25) is 0 Å². The number of rotatable bonds is 3. The van der Waals surface area contributed by atoms with E-state index in [-0.39, 0.29) is 10.8 Å². The zero-order valence-corrected chi connectivity index (χ0v) is 32.1. The lowest BCUT2D eigenvalue weighted by molar-refractivity contribution is 0.659. The van der Waals surface area contributed by atoms with Gasteiger partial charge in [-0.25, -0.2) is 0 Å². The lowest BCUT2D eigenvalue weighted by Gasteiger charge is -2.25. The van der Waals surface area contributed by atoms with Gasteiger partial charge in [-0.05, 0) is 110 Å². The Kier molecular flexibility index (Phi) is 6.22. The molecule has 56 heavy (non-hydrogen) atoms. The average molecular weight is 717 g/mol. The monoisotopic (exact) mass is 716 g/mol. The number of hydrogen-bond acceptors (Lipinski definition) is 0. The Balaban J connectivity index is 1.03. The third-order valence-electron chi connectivity index (χ3n) is 13.3. The Morgan fingerprint density at radius 3 is 1.77 bits per heavy atom. The Morgan fingerprint density at radius 1 is 0.339 bits per heavy atom. The molecule has 2 heterocycles. The second kappa shape index (κ2) is 11.0. The molecule has 0 unspecified atom stereocenters. The molecule has 12 rings (SSSR count). The summed E-state index contributed by atoms with van der Waals surface area (Å²) in [5.41, 5.74) is 20.6. The molecule has 0 fully saturated rings. The van der Waals surface area contributed by atoms with Gasteiger partial charge < -0.3 is 9.13 Å². The van der Waals surface area contributed by atoms with E-state index in [0.29, 0.717) is 0 Å². The summed E-state index contributed by atoms with van der Waals surface area (Å²) in [6.07, 6.45) is 0. The lowest BCUT2D eigenvalue weighted by atomic mass is 9.81. The minimum absolute atomic E-state index is 0.125. The Bertz CT molecular complexity index is 3300. The summed E-state index contributed by atoms with van der Waals surface area (Å²) < 4.78 is 4.95. The number of para-hydroxylation sites is 3. The van der Waals surface area contributed by atoms with E-state index in [0.717, 1.165) is 0 Å². The Hall–Kier alpha value is -6.64. The van der Waals surface area contributed by atoms with Crippen LogP contribution in [0.1, 0.15) is 49.9 Å². The molecule has 8 aromatic carbocycles. The molecular weight excluding hydrogens is 677 g/mol. The zero-order valence-electron chi connectivity index (χ0n) is 32.1. The fourth-order valence-electron chi connectivity index (χ4n) is 10.6. The molecule has 2 aliphatic rings. The molecule has 2 aromatic heterocycles. The molecule has 0 radical (unpaired) electrons. The van der Waals surface area contributed by atoms with Crippen molar-refractivity contribution < 1.29 is 0 Å². The summed E-state index contributed by atoms with van der Waals surface area (Å²) in [5.74, 6) is 0. The Labute approximate surface area is 326 Å². The van der Waals surface area contributed by atoms with Crippen LogP contribution in [-0.4, -0.2) is 9.13 Å². The third kappa shape index (κ3) is 4.06. The smallest absolute Gasteiger partial charge is 0.0588 e. The van der Waals surface area contributed by atoms with Gasteiger partial charge in [0.2, 0.25) is 0 Å². The van der Waals surface area contributed by atoms with E-state index in [1.54, 1.807) is 0 Å².